The molecule has 0 aliphatic rings. The number of aromatic carboxylic acids is 2. The first kappa shape index (κ1) is 24.3. The van der Waals surface area contributed by atoms with Crippen LogP contribution < -0.4 is 21.7 Å². The molecule has 2 aromatic rings. The number of benzene rings is 2. The standard InChI is InChI=1S/C18H14O8.C2H8N2/c19-15(20)11-5-1-3-7-13(11)17(23)25-9-10-26-18(24)14-8-4-2-6-12(14)16(21)22;3-1-2-4/h1-8H,9-10H2,(H,19,20)(H,21,22);1-4H2. The third kappa shape index (κ3) is 7.34. The molecule has 30 heavy (non-hydrogen) atoms. The highest BCUT2D eigenvalue weighted by atomic mass is 16.6. The summed E-state index contributed by atoms with van der Waals surface area (Å²) in [6.45, 7) is 1.22. The van der Waals surface area contributed by atoms with Crippen molar-refractivity contribution in [2.75, 3.05) is 26.3 Å². The number of esters is 2. The first-order chi connectivity index (χ1) is 14.3. The molecule has 10 heteroatoms. The molecule has 2 aromatic carbocycles. The van der Waals surface area contributed by atoms with Crippen LogP contribution in [0.3, 0.4) is 0 Å². The van der Waals surface area contributed by atoms with Crippen molar-refractivity contribution in [1.29, 1.82) is 0 Å². The first-order valence-electron chi connectivity index (χ1n) is 8.87. The molecule has 0 atom stereocenters. The van der Waals surface area contributed by atoms with Crippen LogP contribution in [-0.4, -0.2) is 50.2 Å². The third-order valence-electron chi connectivity index (χ3n) is 3.53. The van der Waals surface area contributed by atoms with Crippen molar-refractivity contribution < 1.29 is 50.3 Å². The number of carboxylic acids is 2. The van der Waals surface area contributed by atoms with Crippen molar-refractivity contribution in [3.05, 3.63) is 70.8 Å². The average Bonchev–Trinajstić information content (AvgIpc) is 2.76. The Morgan fingerprint density at radius 1 is 0.633 bits per heavy atom. The number of carbonyl (C=O) groups excluding carboxylic acids is 4. The van der Waals surface area contributed by atoms with Gasteiger partial charge in [-0.25, -0.2) is 9.59 Å². The van der Waals surface area contributed by atoms with Gasteiger partial charge in [0.2, 0.25) is 0 Å². The minimum absolute atomic E-state index is 0.193. The summed E-state index contributed by atoms with van der Waals surface area (Å²) in [5.41, 5.74) is 6.05. The van der Waals surface area contributed by atoms with Crippen molar-refractivity contribution in [3.8, 4) is 0 Å². The summed E-state index contributed by atoms with van der Waals surface area (Å²) in [5, 5.41) is 21.9. The lowest BCUT2D eigenvalue weighted by atomic mass is 10.1. The van der Waals surface area contributed by atoms with E-state index in [-0.39, 0.29) is 35.5 Å². The van der Waals surface area contributed by atoms with Crippen LogP contribution in [0, 0.1) is 0 Å². The summed E-state index contributed by atoms with van der Waals surface area (Å²) in [7, 11) is 0. The predicted molar refractivity (Wildman–Crippen MR) is 97.6 cm³/mol. The molecule has 160 valence electrons. The summed E-state index contributed by atoms with van der Waals surface area (Å²) in [5.74, 6) is -4.89. The van der Waals surface area contributed by atoms with E-state index in [0.29, 0.717) is 0 Å². The minimum atomic E-state index is -1.53. The zero-order chi connectivity index (χ0) is 22.5. The van der Waals surface area contributed by atoms with Gasteiger partial charge in [0.25, 0.3) is 0 Å². The number of carbonyl (C=O) groups is 4. The van der Waals surface area contributed by atoms with Crippen LogP contribution in [0.5, 0.6) is 0 Å². The maximum Gasteiger partial charge on any atom is 0.338 e. The summed E-state index contributed by atoms with van der Waals surface area (Å²) in [4.78, 5) is 45.7. The SMILES string of the molecule is O=C([O-])c1ccccc1C(=O)OCCOC(=O)c1ccccc1C(=O)[O-].[NH3+]CC[NH3+]. The highest BCUT2D eigenvalue weighted by molar-refractivity contribution is 6.02. The number of rotatable bonds is 8. The van der Waals surface area contributed by atoms with E-state index in [1.165, 1.54) is 48.5 Å². The summed E-state index contributed by atoms with van der Waals surface area (Å²) < 4.78 is 9.69. The molecule has 0 saturated heterocycles. The predicted octanol–water partition coefficient (Wildman–Crippen LogP) is -3.10. The van der Waals surface area contributed by atoms with E-state index in [1.807, 2.05) is 0 Å². The Balaban J connectivity index is 0.00000103. The zero-order valence-electron chi connectivity index (χ0n) is 16.1. The van der Waals surface area contributed by atoms with Gasteiger partial charge in [0.1, 0.15) is 26.3 Å². The Hall–Kier alpha value is -3.76. The molecular weight excluding hydrogens is 396 g/mol. The molecule has 10 nitrogen and oxygen atoms in total. The van der Waals surface area contributed by atoms with E-state index in [9.17, 15) is 29.4 Å². The van der Waals surface area contributed by atoms with Crippen LogP contribution in [0.2, 0.25) is 0 Å². The van der Waals surface area contributed by atoms with Gasteiger partial charge in [-0.15, -0.1) is 0 Å². The highest BCUT2D eigenvalue weighted by Crippen LogP contribution is 2.11. The smallest absolute Gasteiger partial charge is 0.338 e. The van der Waals surface area contributed by atoms with E-state index in [2.05, 4.69) is 11.5 Å². The van der Waals surface area contributed by atoms with Gasteiger partial charge in [-0.3, -0.25) is 0 Å². The average molecular weight is 418 g/mol. The van der Waals surface area contributed by atoms with Gasteiger partial charge in [-0.2, -0.15) is 0 Å². The monoisotopic (exact) mass is 418 g/mol. The molecule has 0 spiro atoms. The van der Waals surface area contributed by atoms with Crippen molar-refractivity contribution in [1.82, 2.24) is 0 Å². The first-order valence-corrected chi connectivity index (χ1v) is 8.87. The fourth-order valence-electron chi connectivity index (χ4n) is 2.10. The lowest BCUT2D eigenvalue weighted by Gasteiger charge is -2.11. The van der Waals surface area contributed by atoms with Crippen LogP contribution >= 0.6 is 0 Å². The van der Waals surface area contributed by atoms with Crippen molar-refractivity contribution >= 4 is 23.9 Å². The summed E-state index contributed by atoms with van der Waals surface area (Å²) in [6.07, 6.45) is 0. The molecule has 2 rings (SSSR count). The summed E-state index contributed by atoms with van der Waals surface area (Å²) in [6, 6.07) is 10.7. The van der Waals surface area contributed by atoms with Crippen LogP contribution in [0.25, 0.3) is 0 Å². The Morgan fingerprint density at radius 2 is 0.933 bits per heavy atom. The number of hydrogen-bond donors (Lipinski definition) is 2. The van der Waals surface area contributed by atoms with E-state index in [0.717, 1.165) is 13.1 Å². The lowest BCUT2D eigenvalue weighted by Crippen LogP contribution is -2.64. The molecule has 0 fully saturated rings. The summed E-state index contributed by atoms with van der Waals surface area (Å²) >= 11 is 0. The van der Waals surface area contributed by atoms with Crippen LogP contribution in [0.4, 0.5) is 0 Å². The fraction of sp³-hybridized carbons (Fsp3) is 0.200. The second-order valence-corrected chi connectivity index (χ2v) is 5.65. The Bertz CT molecular complexity index is 824. The van der Waals surface area contributed by atoms with Crippen molar-refractivity contribution in [2.45, 2.75) is 0 Å². The van der Waals surface area contributed by atoms with Gasteiger partial charge in [0, 0.05) is 11.1 Å². The van der Waals surface area contributed by atoms with Gasteiger partial charge >= 0.3 is 11.9 Å². The largest absolute Gasteiger partial charge is 0.545 e. The van der Waals surface area contributed by atoms with Crippen LogP contribution in [0.15, 0.2) is 48.5 Å². The Morgan fingerprint density at radius 3 is 1.20 bits per heavy atom. The number of quaternary nitrogens is 2. The molecule has 0 aliphatic carbocycles. The van der Waals surface area contributed by atoms with E-state index >= 15 is 0 Å². The normalized spacial score (nSPS) is 9.67. The molecular formula is C20H22N2O8. The van der Waals surface area contributed by atoms with Crippen LogP contribution in [-0.2, 0) is 9.47 Å². The third-order valence-corrected chi connectivity index (χ3v) is 3.53. The zero-order valence-corrected chi connectivity index (χ0v) is 16.1. The Labute approximate surface area is 172 Å². The number of hydrogen-bond acceptors (Lipinski definition) is 8. The molecule has 0 saturated carbocycles. The number of carboxylic acid groups (broad SMARTS) is 2. The molecule has 0 amide bonds. The molecule has 6 N–H and O–H groups in total. The molecule has 0 unspecified atom stereocenters. The van der Waals surface area contributed by atoms with Gasteiger partial charge in [-0.05, 0) is 12.1 Å². The number of ether oxygens (including phenoxy) is 2. The van der Waals surface area contributed by atoms with Gasteiger partial charge in [0.05, 0.1) is 23.1 Å². The molecule has 0 aliphatic heterocycles. The molecule has 0 radical (unpaired) electrons. The quantitative estimate of drug-likeness (QED) is 0.333. The topological polar surface area (TPSA) is 188 Å². The Kier molecular flexibility index (Phi) is 10.2. The molecule has 0 aromatic heterocycles. The lowest BCUT2D eigenvalue weighted by molar-refractivity contribution is -0.453. The molecule has 0 heterocycles. The second-order valence-electron chi connectivity index (χ2n) is 5.65. The van der Waals surface area contributed by atoms with E-state index in [4.69, 9.17) is 9.47 Å². The van der Waals surface area contributed by atoms with Gasteiger partial charge < -0.3 is 40.7 Å². The second kappa shape index (κ2) is 12.6. The van der Waals surface area contributed by atoms with E-state index in [1.54, 1.807) is 0 Å². The fourth-order valence-corrected chi connectivity index (χ4v) is 2.10. The van der Waals surface area contributed by atoms with Gasteiger partial charge in [-0.1, -0.05) is 36.4 Å². The van der Waals surface area contributed by atoms with Crippen LogP contribution in [0.1, 0.15) is 41.4 Å². The van der Waals surface area contributed by atoms with E-state index < -0.39 is 23.9 Å². The van der Waals surface area contributed by atoms with Gasteiger partial charge in [0.15, 0.2) is 0 Å². The minimum Gasteiger partial charge on any atom is -0.545 e. The highest BCUT2D eigenvalue weighted by Gasteiger charge is 2.15. The van der Waals surface area contributed by atoms with Crippen molar-refractivity contribution in [3.63, 3.8) is 0 Å². The maximum atomic E-state index is 11.9. The van der Waals surface area contributed by atoms with Crippen molar-refractivity contribution in [2.24, 2.45) is 0 Å². The molecule has 0 bridgehead atoms. The maximum absolute atomic E-state index is 11.9.